The van der Waals surface area contributed by atoms with E-state index in [2.05, 4.69) is 374 Å². The number of imidazole rings is 2. The molecule has 4 heteroatoms. The molecule has 2 aromatic heterocycles. The quantitative estimate of drug-likeness (QED) is 0.159. The second-order valence-corrected chi connectivity index (χ2v) is 28.9. The molecule has 0 fully saturated rings. The largest absolute Gasteiger partial charge is 0.324 e. The number of fused-ring (bicyclic) bond motifs is 28. The van der Waals surface area contributed by atoms with Crippen LogP contribution in [0.4, 0.5) is 0 Å². The fourth-order valence-electron chi connectivity index (χ4n) is 19.2. The van der Waals surface area contributed by atoms with Gasteiger partial charge in [-0.25, -0.2) is 9.97 Å². The molecule has 0 saturated heterocycles. The number of aryl methyl sites for hydroxylation is 1. The van der Waals surface area contributed by atoms with E-state index in [1.54, 1.807) is 0 Å². The highest BCUT2D eigenvalue weighted by atomic mass is 15.1. The zero-order valence-electron chi connectivity index (χ0n) is 57.8. The maximum atomic E-state index is 5.17. The highest BCUT2D eigenvalue weighted by Gasteiger charge is 2.54. The first-order valence-corrected chi connectivity index (χ1v) is 36.8. The predicted molar refractivity (Wildman–Crippen MR) is 435 cm³/mol. The fraction of sp³-hybridized carbons (Fsp3) is 0.0495. The summed E-state index contributed by atoms with van der Waals surface area (Å²) in [6.45, 7) is 3.17. The molecule has 0 unspecified atom stereocenters. The van der Waals surface area contributed by atoms with Crippen LogP contribution < -0.4 is 0 Å². The normalized spacial score (nSPS) is 13.4. The van der Waals surface area contributed by atoms with E-state index in [0.29, 0.717) is 0 Å². The number of benzene rings is 17. The van der Waals surface area contributed by atoms with Gasteiger partial charge in [0.15, 0.2) is 0 Å². The number of rotatable bonds is 7. The Bertz CT molecular complexity index is 6790. The van der Waals surface area contributed by atoms with Crippen molar-refractivity contribution < 1.29 is 0 Å². The van der Waals surface area contributed by atoms with Crippen LogP contribution >= 0.6 is 0 Å². The fourth-order valence-corrected chi connectivity index (χ4v) is 19.2. The van der Waals surface area contributed by atoms with Crippen LogP contribution in [-0.2, 0) is 17.4 Å². The topological polar surface area (TPSA) is 35.6 Å². The van der Waals surface area contributed by atoms with Crippen molar-refractivity contribution in [2.24, 2.45) is 0 Å². The Morgan fingerprint density at radius 2 is 0.657 bits per heavy atom. The third kappa shape index (κ3) is 8.51. The van der Waals surface area contributed by atoms with Gasteiger partial charge in [0.25, 0.3) is 0 Å². The van der Waals surface area contributed by atoms with Crippen molar-refractivity contribution in [2.75, 3.05) is 0 Å². The molecule has 0 bridgehead atoms. The first kappa shape index (κ1) is 59.4. The zero-order chi connectivity index (χ0) is 69.1. The number of aromatic nitrogens is 4. The summed E-state index contributed by atoms with van der Waals surface area (Å²) in [6.07, 6.45) is 1.05. The molecule has 105 heavy (non-hydrogen) atoms. The number of para-hydroxylation sites is 5. The van der Waals surface area contributed by atoms with Gasteiger partial charge >= 0.3 is 0 Å². The average molecular weight is 1340 g/mol. The van der Waals surface area contributed by atoms with Crippen molar-refractivity contribution in [3.05, 3.63) is 402 Å². The van der Waals surface area contributed by atoms with Crippen LogP contribution in [0.15, 0.2) is 358 Å². The van der Waals surface area contributed by atoms with Gasteiger partial charge in [-0.1, -0.05) is 280 Å². The van der Waals surface area contributed by atoms with Gasteiger partial charge in [0.05, 0.1) is 32.9 Å². The Morgan fingerprint density at radius 1 is 0.257 bits per heavy atom. The average Bonchev–Trinajstić information content (AvgIpc) is 1.51. The Kier molecular flexibility index (Phi) is 12.9. The molecule has 23 rings (SSSR count). The first-order chi connectivity index (χ1) is 52.0. The van der Waals surface area contributed by atoms with Crippen molar-refractivity contribution in [3.63, 3.8) is 0 Å². The molecule has 19 aromatic rings. The van der Waals surface area contributed by atoms with Crippen molar-refractivity contribution >= 4 is 65.2 Å². The van der Waals surface area contributed by atoms with Gasteiger partial charge in [-0.05, 0) is 246 Å². The summed E-state index contributed by atoms with van der Waals surface area (Å²) in [6, 6.07) is 133. The van der Waals surface area contributed by atoms with Crippen molar-refractivity contribution in [1.29, 1.82) is 0 Å². The smallest absolute Gasteiger partial charge is 0.145 e. The van der Waals surface area contributed by atoms with Crippen molar-refractivity contribution in [3.8, 4) is 95.2 Å². The van der Waals surface area contributed by atoms with Gasteiger partial charge in [-0.3, -0.25) is 4.57 Å². The summed E-state index contributed by atoms with van der Waals surface area (Å²) in [5, 5.41) is 10.2. The van der Waals surface area contributed by atoms with E-state index < -0.39 is 10.8 Å². The third-order valence-corrected chi connectivity index (χ3v) is 23.4. The maximum absolute atomic E-state index is 5.17. The van der Waals surface area contributed by atoms with E-state index in [0.717, 1.165) is 58.0 Å². The molecule has 4 nitrogen and oxygen atoms in total. The molecule has 2 heterocycles. The Balaban J connectivity index is 0.000000132. The summed E-state index contributed by atoms with van der Waals surface area (Å²) in [4.78, 5) is 10.3. The summed E-state index contributed by atoms with van der Waals surface area (Å²) < 4.78 is 4.65. The minimum atomic E-state index is -0.417. The van der Waals surface area contributed by atoms with Gasteiger partial charge in [0.1, 0.15) is 11.6 Å². The van der Waals surface area contributed by atoms with Crippen LogP contribution in [0.1, 0.15) is 57.9 Å². The Hall–Kier alpha value is -13.3. The number of hydrogen-bond donors (Lipinski definition) is 0. The molecule has 0 N–H and O–H groups in total. The lowest BCUT2D eigenvalue weighted by molar-refractivity contribution is 0.704. The van der Waals surface area contributed by atoms with Gasteiger partial charge in [-0.15, -0.1) is 0 Å². The van der Waals surface area contributed by atoms with E-state index in [4.69, 9.17) is 9.97 Å². The maximum Gasteiger partial charge on any atom is 0.145 e. The van der Waals surface area contributed by atoms with Crippen LogP contribution in [0.25, 0.3) is 160 Å². The summed E-state index contributed by atoms with van der Waals surface area (Å²) in [5.74, 6) is 1.97. The second kappa shape index (κ2) is 22.9. The summed E-state index contributed by atoms with van der Waals surface area (Å²) in [7, 11) is 0. The molecule has 0 amide bonds. The number of hydrogen-bond acceptors (Lipinski definition) is 2. The minimum absolute atomic E-state index is 0.402. The SMILES string of the molecule is CCCn1c(-c2cccc(-c3ccc4cc5c(cc4c3)C3(c4ccccc4-c4ccccc43)c3c-5ccc4ccccc34)c2)nc2ccccc21.c1ccc(-n2c(-c3cccc(-c4ccc5cc6c(cc5c4)C4(c5ccccc5-c5ccccc54)c4c-6ccc5ccccc45)c3)nc3ccccc32)cc1. The second-order valence-electron chi connectivity index (χ2n) is 28.9. The molecule has 0 radical (unpaired) electrons. The van der Waals surface area contributed by atoms with E-state index in [1.807, 2.05) is 0 Å². The lowest BCUT2D eigenvalue weighted by Gasteiger charge is -2.31. The standard InChI is InChI=1S/C52H32N2.C49H34N2/c1-2-16-39(17-3-1)54-49-24-11-10-23-48(49)53-51(54)37-15-12-14-34(29-37)35-25-26-36-31-44-43-28-27-33-13-4-5-18-40(33)50(43)52(47(44)32-38(36)30-35)45-21-8-6-19-41(45)42-20-7-9-22-46(42)52;1-2-26-51-46-21-10-9-20-45(46)50-48(51)35-14-11-13-32(27-35)33-22-23-34-29-41-40-25-24-31-12-3-4-15-37(31)47(40)49(44(41)30-36(34)28-33)42-18-7-5-16-38(42)39-17-6-8-19-43(39)49/h1-32H;3-25,27-30H,2,26H2,1H3. The molecule has 4 aliphatic rings. The Labute approximate surface area is 608 Å². The van der Waals surface area contributed by atoms with E-state index in [-0.39, 0.29) is 0 Å². The van der Waals surface area contributed by atoms with Gasteiger partial charge in [0, 0.05) is 23.4 Å². The predicted octanol–water partition coefficient (Wildman–Crippen LogP) is 25.4. The molecule has 490 valence electrons. The third-order valence-electron chi connectivity index (χ3n) is 23.4. The molecule has 0 saturated carbocycles. The van der Waals surface area contributed by atoms with Crippen LogP contribution in [0.3, 0.4) is 0 Å². The molecular weight excluding hydrogens is 1270 g/mol. The lowest BCUT2D eigenvalue weighted by Crippen LogP contribution is -2.26. The molecule has 0 atom stereocenters. The van der Waals surface area contributed by atoms with E-state index in [1.165, 1.54) is 160 Å². The minimum Gasteiger partial charge on any atom is -0.324 e. The number of nitrogens with zero attached hydrogens (tertiary/aromatic N) is 4. The van der Waals surface area contributed by atoms with Crippen molar-refractivity contribution in [1.82, 2.24) is 19.1 Å². The van der Waals surface area contributed by atoms with Crippen LogP contribution in [0, 0.1) is 0 Å². The molecule has 4 aliphatic carbocycles. The first-order valence-electron chi connectivity index (χ1n) is 36.8. The molecule has 2 spiro atoms. The lowest BCUT2D eigenvalue weighted by atomic mass is 9.69. The summed E-state index contributed by atoms with van der Waals surface area (Å²) in [5.41, 5.74) is 33.3. The van der Waals surface area contributed by atoms with Crippen molar-refractivity contribution in [2.45, 2.75) is 30.7 Å². The zero-order valence-corrected chi connectivity index (χ0v) is 57.8. The highest BCUT2D eigenvalue weighted by molar-refractivity contribution is 6.09. The van der Waals surface area contributed by atoms with E-state index >= 15 is 0 Å². The van der Waals surface area contributed by atoms with Gasteiger partial charge < -0.3 is 4.57 Å². The Morgan fingerprint density at radius 3 is 1.17 bits per heavy atom. The highest BCUT2D eigenvalue weighted by Crippen LogP contribution is 2.66. The van der Waals surface area contributed by atoms with E-state index in [9.17, 15) is 0 Å². The van der Waals surface area contributed by atoms with Gasteiger partial charge in [0.2, 0.25) is 0 Å². The molecular formula is C101H66N4. The van der Waals surface area contributed by atoms with Gasteiger partial charge in [-0.2, -0.15) is 0 Å². The molecule has 17 aromatic carbocycles. The summed E-state index contributed by atoms with van der Waals surface area (Å²) >= 11 is 0. The van der Waals surface area contributed by atoms with Crippen LogP contribution in [0.2, 0.25) is 0 Å². The molecule has 0 aliphatic heterocycles. The monoisotopic (exact) mass is 1330 g/mol. The van der Waals surface area contributed by atoms with Crippen LogP contribution in [0.5, 0.6) is 0 Å². The van der Waals surface area contributed by atoms with Crippen LogP contribution in [-0.4, -0.2) is 19.1 Å².